The lowest BCUT2D eigenvalue weighted by molar-refractivity contribution is -0.139. The van der Waals surface area contributed by atoms with Crippen molar-refractivity contribution in [1.29, 1.82) is 5.26 Å². The van der Waals surface area contributed by atoms with E-state index in [1.54, 1.807) is 33.3 Å². The third-order valence-electron chi connectivity index (χ3n) is 5.36. The van der Waals surface area contributed by atoms with Crippen LogP contribution in [0.15, 0.2) is 40.6 Å². The zero-order valence-electron chi connectivity index (χ0n) is 20.4. The van der Waals surface area contributed by atoms with Crippen LogP contribution in [-0.4, -0.2) is 43.6 Å². The highest BCUT2D eigenvalue weighted by molar-refractivity contribution is 7.99. The van der Waals surface area contributed by atoms with Crippen LogP contribution in [0.5, 0.6) is 5.75 Å². The number of ether oxygens (including phenoxy) is 3. The Morgan fingerprint density at radius 2 is 2.03 bits per heavy atom. The summed E-state index contributed by atoms with van der Waals surface area (Å²) in [6, 6.07) is 8.23. The molecule has 0 radical (unpaired) electrons. The Kier molecular flexibility index (Phi) is 8.73. The van der Waals surface area contributed by atoms with Gasteiger partial charge in [-0.05, 0) is 50.1 Å². The third kappa shape index (κ3) is 5.93. The van der Waals surface area contributed by atoms with Gasteiger partial charge in [-0.15, -0.1) is 0 Å². The van der Waals surface area contributed by atoms with Gasteiger partial charge in [0.05, 0.1) is 37.5 Å². The molecule has 1 aliphatic rings. The number of esters is 1. The van der Waals surface area contributed by atoms with Gasteiger partial charge in [-0.25, -0.2) is 14.6 Å². The number of methoxy groups -OCH3 is 2. The van der Waals surface area contributed by atoms with Gasteiger partial charge in [0.15, 0.2) is 0 Å². The van der Waals surface area contributed by atoms with Crippen LogP contribution in [0, 0.1) is 25.2 Å². The quantitative estimate of drug-likeness (QED) is 0.398. The first-order valence-electron chi connectivity index (χ1n) is 11.0. The van der Waals surface area contributed by atoms with Crippen LogP contribution in [0.2, 0.25) is 0 Å². The maximum absolute atomic E-state index is 13.1. The van der Waals surface area contributed by atoms with Crippen molar-refractivity contribution in [1.82, 2.24) is 15.6 Å². The smallest absolute Gasteiger partial charge is 0.338 e. The maximum atomic E-state index is 13.1. The first-order chi connectivity index (χ1) is 16.8. The second-order valence-electron chi connectivity index (χ2n) is 7.81. The number of aromatic nitrogens is 1. The number of thioether (sulfide) groups is 1. The standard InChI is InChI=1S/C25H28N4O5S/c1-6-34-24(30)21-19(13-35-23-18(11-26)14(2)9-15(3)27-23)28-25(31)29-22(21)16-7-8-20(33-5)17(10-16)12-32-4/h7-10,22H,6,12-13H2,1-5H3,(H2,28,29,31)/t22-/m1/s1. The summed E-state index contributed by atoms with van der Waals surface area (Å²) in [6.07, 6.45) is 0. The predicted molar refractivity (Wildman–Crippen MR) is 131 cm³/mol. The Labute approximate surface area is 208 Å². The number of urea groups is 1. The number of nitriles is 1. The molecular weight excluding hydrogens is 468 g/mol. The number of amides is 2. The summed E-state index contributed by atoms with van der Waals surface area (Å²) < 4.78 is 16.0. The van der Waals surface area contributed by atoms with E-state index >= 15 is 0 Å². The molecule has 2 N–H and O–H groups in total. The second kappa shape index (κ2) is 11.7. The Balaban J connectivity index is 2.06. The molecule has 3 rings (SSSR count). The summed E-state index contributed by atoms with van der Waals surface area (Å²) in [4.78, 5) is 30.2. The van der Waals surface area contributed by atoms with Crippen molar-refractivity contribution in [3.63, 3.8) is 0 Å². The topological polar surface area (TPSA) is 123 Å². The molecule has 1 atom stereocenters. The second-order valence-corrected chi connectivity index (χ2v) is 8.77. The molecule has 1 aromatic carbocycles. The normalized spacial score (nSPS) is 15.2. The van der Waals surface area contributed by atoms with Gasteiger partial charge in [-0.2, -0.15) is 5.26 Å². The number of nitrogens with zero attached hydrogens (tertiary/aromatic N) is 2. The highest BCUT2D eigenvalue weighted by Crippen LogP contribution is 2.33. The first kappa shape index (κ1) is 26.1. The fourth-order valence-electron chi connectivity index (χ4n) is 3.86. The van der Waals surface area contributed by atoms with Crippen LogP contribution in [-0.2, 0) is 20.9 Å². The van der Waals surface area contributed by atoms with Crippen molar-refractivity contribution in [3.05, 3.63) is 63.5 Å². The van der Waals surface area contributed by atoms with Crippen molar-refractivity contribution in [2.45, 2.75) is 38.4 Å². The lowest BCUT2D eigenvalue weighted by Crippen LogP contribution is -2.46. The SMILES string of the molecule is CCOC(=O)C1=C(CSc2nc(C)cc(C)c2C#N)NC(=O)N[C@@H]1c1ccc(OC)c(COC)c1. The fraction of sp³-hybridized carbons (Fsp3) is 0.360. The monoisotopic (exact) mass is 496 g/mol. The summed E-state index contributed by atoms with van der Waals surface area (Å²) in [5.74, 6) is 0.306. The molecule has 0 saturated heterocycles. The number of hydrogen-bond donors (Lipinski definition) is 2. The van der Waals surface area contributed by atoms with Gasteiger partial charge in [0.2, 0.25) is 0 Å². The van der Waals surface area contributed by atoms with Gasteiger partial charge >= 0.3 is 12.0 Å². The zero-order valence-corrected chi connectivity index (χ0v) is 21.2. The van der Waals surface area contributed by atoms with Crippen LogP contribution in [0.4, 0.5) is 4.79 Å². The summed E-state index contributed by atoms with van der Waals surface area (Å²) in [5, 5.41) is 15.7. The van der Waals surface area contributed by atoms with E-state index in [1.165, 1.54) is 11.8 Å². The van der Waals surface area contributed by atoms with Crippen molar-refractivity contribution in [3.8, 4) is 11.8 Å². The van der Waals surface area contributed by atoms with Crippen LogP contribution < -0.4 is 15.4 Å². The zero-order chi connectivity index (χ0) is 25.5. The molecule has 9 nitrogen and oxygen atoms in total. The lowest BCUT2D eigenvalue weighted by Gasteiger charge is -2.29. The minimum absolute atomic E-state index is 0.179. The molecular formula is C25H28N4O5S. The van der Waals surface area contributed by atoms with Gasteiger partial charge in [-0.1, -0.05) is 17.8 Å². The van der Waals surface area contributed by atoms with E-state index in [4.69, 9.17) is 14.2 Å². The van der Waals surface area contributed by atoms with E-state index in [2.05, 4.69) is 21.7 Å². The van der Waals surface area contributed by atoms with Gasteiger partial charge in [0.25, 0.3) is 0 Å². The van der Waals surface area contributed by atoms with Gasteiger partial charge in [-0.3, -0.25) is 0 Å². The molecule has 0 bridgehead atoms. The summed E-state index contributed by atoms with van der Waals surface area (Å²) >= 11 is 1.28. The number of hydrogen-bond acceptors (Lipinski definition) is 8. The summed E-state index contributed by atoms with van der Waals surface area (Å²) in [6.45, 7) is 5.90. The highest BCUT2D eigenvalue weighted by atomic mass is 32.2. The number of carbonyl (C=O) groups excluding carboxylic acids is 2. The van der Waals surface area contributed by atoms with E-state index in [0.717, 1.165) is 16.8 Å². The van der Waals surface area contributed by atoms with Crippen molar-refractivity contribution < 1.29 is 23.8 Å². The van der Waals surface area contributed by atoms with E-state index in [1.807, 2.05) is 26.0 Å². The molecule has 1 aromatic heterocycles. The third-order valence-corrected chi connectivity index (χ3v) is 6.37. The molecule has 0 aliphatic carbocycles. The fourth-order valence-corrected chi connectivity index (χ4v) is 4.93. The van der Waals surface area contributed by atoms with E-state index in [-0.39, 0.29) is 17.9 Å². The van der Waals surface area contributed by atoms with Crippen LogP contribution in [0.25, 0.3) is 0 Å². The molecule has 2 heterocycles. The van der Waals surface area contributed by atoms with E-state index in [0.29, 0.717) is 34.2 Å². The Bertz CT molecular complexity index is 1210. The average molecular weight is 497 g/mol. The van der Waals surface area contributed by atoms with Gasteiger partial charge in [0.1, 0.15) is 16.8 Å². The van der Waals surface area contributed by atoms with Crippen molar-refractivity contribution in [2.75, 3.05) is 26.6 Å². The summed E-state index contributed by atoms with van der Waals surface area (Å²) in [7, 11) is 3.14. The Morgan fingerprint density at radius 3 is 2.69 bits per heavy atom. The van der Waals surface area contributed by atoms with Gasteiger partial charge in [0, 0.05) is 29.8 Å². The number of nitrogens with one attached hydrogen (secondary N) is 2. The van der Waals surface area contributed by atoms with Crippen LogP contribution in [0.1, 0.15) is 40.9 Å². The van der Waals surface area contributed by atoms with Gasteiger partial charge < -0.3 is 24.8 Å². The van der Waals surface area contributed by atoms with Crippen LogP contribution >= 0.6 is 11.8 Å². The lowest BCUT2D eigenvalue weighted by atomic mass is 9.94. The van der Waals surface area contributed by atoms with Crippen molar-refractivity contribution in [2.24, 2.45) is 0 Å². The Morgan fingerprint density at radius 1 is 1.26 bits per heavy atom. The van der Waals surface area contributed by atoms with Crippen LogP contribution in [0.3, 0.4) is 0 Å². The molecule has 1 aliphatic heterocycles. The molecule has 0 unspecified atom stereocenters. The number of rotatable bonds is 9. The molecule has 10 heteroatoms. The molecule has 0 spiro atoms. The average Bonchev–Trinajstić information content (AvgIpc) is 2.82. The first-order valence-corrected chi connectivity index (χ1v) is 12.0. The number of pyridine rings is 1. The number of carbonyl (C=O) groups is 2. The molecule has 2 aromatic rings. The largest absolute Gasteiger partial charge is 0.496 e. The highest BCUT2D eigenvalue weighted by Gasteiger charge is 2.34. The molecule has 35 heavy (non-hydrogen) atoms. The van der Waals surface area contributed by atoms with E-state index in [9.17, 15) is 14.9 Å². The minimum atomic E-state index is -0.748. The Hall–Kier alpha value is -3.55. The maximum Gasteiger partial charge on any atom is 0.338 e. The number of benzene rings is 1. The molecule has 0 saturated carbocycles. The molecule has 2 amide bonds. The summed E-state index contributed by atoms with van der Waals surface area (Å²) in [5.41, 5.74) is 4.21. The van der Waals surface area contributed by atoms with E-state index < -0.39 is 18.0 Å². The molecule has 184 valence electrons. The minimum Gasteiger partial charge on any atom is -0.496 e. The number of aryl methyl sites for hydroxylation is 2. The predicted octanol–water partition coefficient (Wildman–Crippen LogP) is 3.69. The van der Waals surface area contributed by atoms with Crippen molar-refractivity contribution >= 4 is 23.8 Å². The molecule has 0 fully saturated rings.